The average Bonchev–Trinajstić information content (AvgIpc) is 2.66. The van der Waals surface area contributed by atoms with Crippen LogP contribution in [0, 0.1) is 0 Å². The van der Waals surface area contributed by atoms with Crippen LogP contribution in [-0.4, -0.2) is 82.7 Å². The quantitative estimate of drug-likeness (QED) is 0.148. The van der Waals surface area contributed by atoms with Gasteiger partial charge in [-0.25, -0.2) is 8.42 Å². The smallest absolute Gasteiger partial charge is 0.405 e. The highest BCUT2D eigenvalue weighted by molar-refractivity contribution is 7.94. The van der Waals surface area contributed by atoms with Crippen LogP contribution in [0.2, 0.25) is 0 Å². The van der Waals surface area contributed by atoms with Gasteiger partial charge in [-0.05, 0) is 55.4 Å². The molecule has 0 saturated heterocycles. The molecule has 0 saturated carbocycles. The fourth-order valence-corrected chi connectivity index (χ4v) is 3.70. The fraction of sp³-hybridized carbons (Fsp3) is 1.00. The van der Waals surface area contributed by atoms with Crippen LogP contribution in [0.4, 0.5) is 0 Å². The minimum Gasteiger partial charge on any atom is -0.725 e. The van der Waals surface area contributed by atoms with E-state index in [0.717, 1.165) is 0 Å². The Bertz CT molecular complexity index is 516. The molecule has 0 fully saturated rings. The van der Waals surface area contributed by atoms with E-state index in [9.17, 15) is 21.4 Å². The molecule has 0 rings (SSSR count). The van der Waals surface area contributed by atoms with Gasteiger partial charge in [0.15, 0.2) is 0 Å². The molecular formula is C16H40N2O8S2. The Balaban J connectivity index is -0.000000336. The molecule has 0 aromatic heterocycles. The molecule has 0 spiro atoms. The van der Waals surface area contributed by atoms with Gasteiger partial charge in [-0.3, -0.25) is 0 Å². The molecule has 10 nitrogen and oxygen atoms in total. The van der Waals surface area contributed by atoms with Crippen LogP contribution in [0.3, 0.4) is 0 Å². The van der Waals surface area contributed by atoms with Gasteiger partial charge in [0.2, 0.25) is 10.4 Å². The molecule has 0 atom stereocenters. The predicted octanol–water partition coefficient (Wildman–Crippen LogP) is 0.766. The Morgan fingerprint density at radius 2 is 0.821 bits per heavy atom. The molecule has 12 heteroatoms. The number of nitrogens with zero attached hydrogens (tertiary/aromatic N) is 2. The van der Waals surface area contributed by atoms with Gasteiger partial charge in [-0.2, -0.15) is 8.42 Å². The van der Waals surface area contributed by atoms with Crippen molar-refractivity contribution in [2.45, 2.75) is 55.4 Å². The summed E-state index contributed by atoms with van der Waals surface area (Å²) < 4.78 is 55.1. The molecule has 0 bridgehead atoms. The lowest BCUT2D eigenvalue weighted by Gasteiger charge is -2.34. The summed E-state index contributed by atoms with van der Waals surface area (Å²) in [6, 6.07) is 0. The van der Waals surface area contributed by atoms with E-state index in [0.29, 0.717) is 0 Å². The second-order valence-electron chi connectivity index (χ2n) is 6.17. The van der Waals surface area contributed by atoms with E-state index in [-0.39, 0.29) is 0 Å². The van der Waals surface area contributed by atoms with Crippen molar-refractivity contribution >= 4 is 20.8 Å². The van der Waals surface area contributed by atoms with E-state index in [1.165, 1.54) is 61.3 Å². The van der Waals surface area contributed by atoms with Crippen LogP contribution in [0.25, 0.3) is 0 Å². The first-order chi connectivity index (χ1) is 12.8. The summed E-state index contributed by atoms with van der Waals surface area (Å²) in [4.78, 5) is 0. The summed E-state index contributed by atoms with van der Waals surface area (Å²) in [6.45, 7) is 28.4. The van der Waals surface area contributed by atoms with Crippen molar-refractivity contribution in [1.29, 1.82) is 0 Å². The molecule has 0 amide bonds. The molecule has 0 aliphatic heterocycles. The average molecular weight is 453 g/mol. The molecule has 0 radical (unpaired) electrons. The molecule has 28 heavy (non-hydrogen) atoms. The maximum Gasteiger partial charge on any atom is 0.405 e. The zero-order chi connectivity index (χ0) is 23.1. The minimum atomic E-state index is -5.46. The summed E-state index contributed by atoms with van der Waals surface area (Å²) in [7, 11) is -10.7. The number of rotatable bonds is 11. The SMILES string of the molecule is CC[N+](CC)(CC)CC.CC[N+](CC)(CC)CC.O=S(=O)([O-])OS(=O)(=O)O[O-]. The summed E-state index contributed by atoms with van der Waals surface area (Å²) >= 11 is 0. The van der Waals surface area contributed by atoms with E-state index in [2.05, 4.69) is 63.4 Å². The summed E-state index contributed by atoms with van der Waals surface area (Å²) in [5.41, 5.74) is 0. The Hall–Kier alpha value is -0.340. The van der Waals surface area contributed by atoms with E-state index >= 15 is 0 Å². The highest BCUT2D eigenvalue weighted by atomic mass is 32.3. The molecule has 0 heterocycles. The maximum atomic E-state index is 9.68. The maximum absolute atomic E-state index is 9.68. The van der Waals surface area contributed by atoms with Gasteiger partial charge < -0.3 is 23.1 Å². The third-order valence-corrected chi connectivity index (χ3v) is 7.12. The molecule has 0 aromatic carbocycles. The van der Waals surface area contributed by atoms with Gasteiger partial charge >= 0.3 is 10.4 Å². The standard InChI is InChI=1S/2C8H20N.H2O8S2/c2*1-5-9(6-2,7-3)8-4;1-7-10(5,6)8-9(2,3)4/h2*5-8H2,1-4H3;1H,(H,2,3,4)/q2*+1;/p-2. The highest BCUT2D eigenvalue weighted by Crippen LogP contribution is 2.04. The van der Waals surface area contributed by atoms with Crippen molar-refractivity contribution in [3.05, 3.63) is 0 Å². The Kier molecular flexibility index (Phi) is 17.9. The zero-order valence-corrected chi connectivity index (χ0v) is 20.3. The fourth-order valence-electron chi connectivity index (χ4n) is 2.80. The highest BCUT2D eigenvalue weighted by Gasteiger charge is 2.17. The first-order valence-corrected chi connectivity index (χ1v) is 12.4. The minimum absolute atomic E-state index is 1.28. The second kappa shape index (κ2) is 15.5. The van der Waals surface area contributed by atoms with Gasteiger partial charge in [-0.1, -0.05) is 0 Å². The monoisotopic (exact) mass is 452 g/mol. The van der Waals surface area contributed by atoms with Crippen LogP contribution in [-0.2, 0) is 28.8 Å². The van der Waals surface area contributed by atoms with Crippen LogP contribution in [0.15, 0.2) is 0 Å². The molecule has 0 aliphatic rings. The van der Waals surface area contributed by atoms with Gasteiger partial charge in [0.05, 0.1) is 52.4 Å². The molecule has 0 aromatic rings. The van der Waals surface area contributed by atoms with Crippen molar-refractivity contribution in [1.82, 2.24) is 0 Å². The summed E-state index contributed by atoms with van der Waals surface area (Å²) in [5, 5.41) is 9.01. The molecule has 174 valence electrons. The third kappa shape index (κ3) is 14.6. The van der Waals surface area contributed by atoms with Crippen molar-refractivity contribution in [2.75, 3.05) is 52.4 Å². The summed E-state index contributed by atoms with van der Waals surface area (Å²) in [6.07, 6.45) is 0. The lowest BCUT2D eigenvalue weighted by molar-refractivity contribution is -0.921. The summed E-state index contributed by atoms with van der Waals surface area (Å²) in [5.74, 6) is 0. The third-order valence-electron chi connectivity index (χ3n) is 5.62. The molecule has 0 unspecified atom stereocenters. The van der Waals surface area contributed by atoms with Crippen LogP contribution in [0.5, 0.6) is 0 Å². The van der Waals surface area contributed by atoms with Crippen LogP contribution < -0.4 is 5.26 Å². The van der Waals surface area contributed by atoms with Gasteiger partial charge in [0, 0.05) is 0 Å². The van der Waals surface area contributed by atoms with Crippen molar-refractivity contribution in [3.8, 4) is 0 Å². The van der Waals surface area contributed by atoms with Gasteiger partial charge in [0.1, 0.15) is 0 Å². The molecule has 0 aliphatic carbocycles. The topological polar surface area (TPSA) is 133 Å². The van der Waals surface area contributed by atoms with Gasteiger partial charge in [0.25, 0.3) is 0 Å². The van der Waals surface area contributed by atoms with Crippen LogP contribution in [0.1, 0.15) is 55.4 Å². The van der Waals surface area contributed by atoms with E-state index in [1.54, 1.807) is 0 Å². The van der Waals surface area contributed by atoms with E-state index < -0.39 is 20.8 Å². The van der Waals surface area contributed by atoms with Crippen molar-refractivity contribution in [3.63, 3.8) is 0 Å². The zero-order valence-electron chi connectivity index (χ0n) is 18.6. The van der Waals surface area contributed by atoms with E-state index in [4.69, 9.17) is 5.26 Å². The first kappa shape index (κ1) is 32.3. The largest absolute Gasteiger partial charge is 0.725 e. The molecule has 0 N–H and O–H groups in total. The van der Waals surface area contributed by atoms with Crippen molar-refractivity contribution < 1.29 is 43.6 Å². The normalized spacial score (nSPS) is 12.5. The lowest BCUT2D eigenvalue weighted by atomic mass is 10.3. The first-order valence-electron chi connectivity index (χ1n) is 9.69. The van der Waals surface area contributed by atoms with Gasteiger partial charge in [-0.15, -0.1) is 3.63 Å². The Labute approximate surface area is 172 Å². The molecular weight excluding hydrogens is 412 g/mol. The number of quaternary nitrogens is 2. The lowest BCUT2D eigenvalue weighted by Crippen LogP contribution is -2.47. The number of hydrogen-bond acceptors (Lipinski definition) is 8. The van der Waals surface area contributed by atoms with E-state index in [1.807, 2.05) is 0 Å². The Morgan fingerprint density at radius 1 is 0.607 bits per heavy atom. The van der Waals surface area contributed by atoms with Crippen LogP contribution >= 0.6 is 0 Å². The second-order valence-corrected chi connectivity index (χ2v) is 8.48. The predicted molar refractivity (Wildman–Crippen MR) is 106 cm³/mol. The van der Waals surface area contributed by atoms with Crippen molar-refractivity contribution in [2.24, 2.45) is 0 Å². The Morgan fingerprint density at radius 3 is 0.857 bits per heavy atom. The number of hydrogen-bond donors (Lipinski definition) is 0.